The number of halogens is 1. The molecule has 2 rings (SSSR count). The molecule has 0 spiro atoms. The molecule has 2 aromatic rings. The zero-order valence-corrected chi connectivity index (χ0v) is 12.2. The molecule has 0 aliphatic rings. The first-order valence-corrected chi connectivity index (χ1v) is 6.37. The second-order valence-electron chi connectivity index (χ2n) is 4.38. The lowest BCUT2D eigenvalue weighted by molar-refractivity contribution is 0.0594. The number of pyridine rings is 1. The summed E-state index contributed by atoms with van der Waals surface area (Å²) >= 11 is 0. The van der Waals surface area contributed by atoms with Crippen LogP contribution in [0.3, 0.4) is 0 Å². The molecule has 1 aromatic heterocycles. The van der Waals surface area contributed by atoms with Crippen molar-refractivity contribution in [1.29, 1.82) is 0 Å². The summed E-state index contributed by atoms with van der Waals surface area (Å²) in [5.74, 6) is -0.393. The Labute approximate surface area is 125 Å². The smallest absolute Gasteiger partial charge is 0.356 e. The van der Waals surface area contributed by atoms with Gasteiger partial charge in [0.15, 0.2) is 0 Å². The molecule has 106 valence electrons. The number of aryl methyl sites for hydroxylation is 2. The molecule has 0 aliphatic carbocycles. The van der Waals surface area contributed by atoms with Crippen molar-refractivity contribution in [2.75, 3.05) is 7.11 Å². The molecule has 4 heteroatoms. The molecule has 0 bridgehead atoms. The van der Waals surface area contributed by atoms with E-state index < -0.39 is 5.97 Å². The fourth-order valence-electron chi connectivity index (χ4n) is 1.94. The van der Waals surface area contributed by atoms with Crippen LogP contribution in [0.4, 0.5) is 0 Å². The standard InChI is InChI=1S/C16H17NO2.ClH/c1-19-16(18)15-11-10-14(12-17-15)9-5-8-13-6-3-2-4-7-13;/h2-4,6-7,10-12H,5,8-9H2,1H3;1H. The van der Waals surface area contributed by atoms with Crippen molar-refractivity contribution in [3.63, 3.8) is 0 Å². The Balaban J connectivity index is 0.00000200. The molecule has 0 saturated carbocycles. The molecule has 0 atom stereocenters. The van der Waals surface area contributed by atoms with Gasteiger partial charge in [-0.3, -0.25) is 0 Å². The molecule has 0 saturated heterocycles. The lowest BCUT2D eigenvalue weighted by Gasteiger charge is -2.03. The Morgan fingerprint density at radius 1 is 1.05 bits per heavy atom. The van der Waals surface area contributed by atoms with Gasteiger partial charge >= 0.3 is 5.97 Å². The van der Waals surface area contributed by atoms with Crippen molar-refractivity contribution in [2.24, 2.45) is 0 Å². The highest BCUT2D eigenvalue weighted by atomic mass is 35.5. The van der Waals surface area contributed by atoms with Gasteiger partial charge in [-0.1, -0.05) is 36.4 Å². The highest BCUT2D eigenvalue weighted by molar-refractivity contribution is 5.87. The number of carbonyl (C=O) groups excluding carboxylic acids is 1. The zero-order chi connectivity index (χ0) is 13.5. The number of hydrogen-bond acceptors (Lipinski definition) is 3. The van der Waals surface area contributed by atoms with Crippen LogP contribution < -0.4 is 0 Å². The number of methoxy groups -OCH3 is 1. The Bertz CT molecular complexity index is 526. The summed E-state index contributed by atoms with van der Waals surface area (Å²) in [6.45, 7) is 0. The topological polar surface area (TPSA) is 39.2 Å². The van der Waals surface area contributed by atoms with Gasteiger partial charge in [-0.2, -0.15) is 0 Å². The minimum atomic E-state index is -0.393. The van der Waals surface area contributed by atoms with E-state index in [1.165, 1.54) is 12.7 Å². The Hall–Kier alpha value is -1.87. The van der Waals surface area contributed by atoms with Gasteiger partial charge in [0.25, 0.3) is 0 Å². The number of nitrogens with zero attached hydrogens (tertiary/aromatic N) is 1. The Morgan fingerprint density at radius 3 is 2.35 bits per heavy atom. The predicted octanol–water partition coefficient (Wildman–Crippen LogP) is 3.47. The van der Waals surface area contributed by atoms with E-state index in [-0.39, 0.29) is 12.4 Å². The average molecular weight is 292 g/mol. The second-order valence-corrected chi connectivity index (χ2v) is 4.38. The van der Waals surface area contributed by atoms with Gasteiger partial charge in [0.05, 0.1) is 7.11 Å². The minimum absolute atomic E-state index is 0. The highest BCUT2D eigenvalue weighted by Crippen LogP contribution is 2.08. The van der Waals surface area contributed by atoms with E-state index in [4.69, 9.17) is 0 Å². The van der Waals surface area contributed by atoms with Crippen molar-refractivity contribution >= 4 is 18.4 Å². The average Bonchev–Trinajstić information content (AvgIpc) is 2.48. The first kappa shape index (κ1) is 16.2. The highest BCUT2D eigenvalue weighted by Gasteiger charge is 2.05. The van der Waals surface area contributed by atoms with Gasteiger partial charge in [-0.15, -0.1) is 12.4 Å². The molecule has 3 nitrogen and oxygen atoms in total. The summed E-state index contributed by atoms with van der Waals surface area (Å²) in [5, 5.41) is 0. The third-order valence-electron chi connectivity index (χ3n) is 2.99. The molecule has 0 fully saturated rings. The normalized spacial score (nSPS) is 9.65. The number of esters is 1. The lowest BCUT2D eigenvalue weighted by Crippen LogP contribution is -2.04. The number of carbonyl (C=O) groups is 1. The van der Waals surface area contributed by atoms with Crippen LogP contribution in [-0.4, -0.2) is 18.1 Å². The van der Waals surface area contributed by atoms with Crippen LogP contribution in [-0.2, 0) is 17.6 Å². The van der Waals surface area contributed by atoms with Crippen molar-refractivity contribution in [3.8, 4) is 0 Å². The maximum Gasteiger partial charge on any atom is 0.356 e. The molecule has 20 heavy (non-hydrogen) atoms. The van der Waals surface area contributed by atoms with E-state index >= 15 is 0 Å². The molecule has 0 amide bonds. The number of benzene rings is 1. The summed E-state index contributed by atoms with van der Waals surface area (Å²) in [6, 6.07) is 14.1. The third-order valence-corrected chi connectivity index (χ3v) is 2.99. The number of ether oxygens (including phenoxy) is 1. The van der Waals surface area contributed by atoms with E-state index in [1.807, 2.05) is 12.1 Å². The van der Waals surface area contributed by atoms with Gasteiger partial charge < -0.3 is 4.74 Å². The molecule has 0 radical (unpaired) electrons. The van der Waals surface area contributed by atoms with Gasteiger partial charge in [0.1, 0.15) is 5.69 Å². The Morgan fingerprint density at radius 2 is 1.75 bits per heavy atom. The first-order chi connectivity index (χ1) is 9.29. The van der Waals surface area contributed by atoms with Gasteiger partial charge in [0, 0.05) is 6.20 Å². The molecule has 0 N–H and O–H groups in total. The van der Waals surface area contributed by atoms with E-state index in [9.17, 15) is 4.79 Å². The maximum atomic E-state index is 11.2. The molecule has 0 unspecified atom stereocenters. The number of aromatic nitrogens is 1. The third kappa shape index (κ3) is 4.67. The summed E-state index contributed by atoms with van der Waals surface area (Å²) in [7, 11) is 1.36. The van der Waals surface area contributed by atoms with Crippen LogP contribution >= 0.6 is 12.4 Å². The maximum absolute atomic E-state index is 11.2. The number of hydrogen-bond donors (Lipinski definition) is 0. The summed E-state index contributed by atoms with van der Waals surface area (Å²) in [5.41, 5.74) is 2.85. The molecular weight excluding hydrogens is 274 g/mol. The van der Waals surface area contributed by atoms with Gasteiger partial charge in [-0.25, -0.2) is 9.78 Å². The van der Waals surface area contributed by atoms with E-state index in [2.05, 4.69) is 34.0 Å². The first-order valence-electron chi connectivity index (χ1n) is 6.37. The monoisotopic (exact) mass is 291 g/mol. The van der Waals surface area contributed by atoms with Crippen molar-refractivity contribution in [3.05, 3.63) is 65.5 Å². The predicted molar refractivity (Wildman–Crippen MR) is 81.3 cm³/mol. The fraction of sp³-hybridized carbons (Fsp3) is 0.250. The van der Waals surface area contributed by atoms with Gasteiger partial charge in [-0.05, 0) is 36.5 Å². The SMILES string of the molecule is COC(=O)c1ccc(CCCc2ccccc2)cn1.Cl. The molecular formula is C16H18ClNO2. The van der Waals surface area contributed by atoms with Crippen molar-refractivity contribution in [2.45, 2.75) is 19.3 Å². The summed E-state index contributed by atoms with van der Waals surface area (Å²) in [6.07, 6.45) is 4.84. The largest absolute Gasteiger partial charge is 0.464 e. The van der Waals surface area contributed by atoms with E-state index in [0.29, 0.717) is 5.69 Å². The van der Waals surface area contributed by atoms with Crippen molar-refractivity contribution in [1.82, 2.24) is 4.98 Å². The summed E-state index contributed by atoms with van der Waals surface area (Å²) < 4.78 is 4.61. The van der Waals surface area contributed by atoms with Crippen LogP contribution in [0.15, 0.2) is 48.7 Å². The van der Waals surface area contributed by atoms with Crippen LogP contribution in [0.1, 0.15) is 28.0 Å². The van der Waals surface area contributed by atoms with Crippen LogP contribution in [0.2, 0.25) is 0 Å². The van der Waals surface area contributed by atoms with E-state index in [1.54, 1.807) is 12.3 Å². The zero-order valence-electron chi connectivity index (χ0n) is 11.4. The van der Waals surface area contributed by atoms with Gasteiger partial charge in [0.2, 0.25) is 0 Å². The van der Waals surface area contributed by atoms with Crippen LogP contribution in [0.5, 0.6) is 0 Å². The van der Waals surface area contributed by atoms with Crippen LogP contribution in [0, 0.1) is 0 Å². The quantitative estimate of drug-likeness (QED) is 0.792. The minimum Gasteiger partial charge on any atom is -0.464 e. The molecule has 1 aromatic carbocycles. The Kier molecular flexibility index (Phi) is 6.74. The molecule has 0 aliphatic heterocycles. The lowest BCUT2D eigenvalue weighted by atomic mass is 10.1. The summed E-state index contributed by atoms with van der Waals surface area (Å²) in [4.78, 5) is 15.3. The van der Waals surface area contributed by atoms with Crippen molar-refractivity contribution < 1.29 is 9.53 Å². The fourth-order valence-corrected chi connectivity index (χ4v) is 1.94. The van der Waals surface area contributed by atoms with Crippen LogP contribution in [0.25, 0.3) is 0 Å². The number of rotatable bonds is 5. The van der Waals surface area contributed by atoms with E-state index in [0.717, 1.165) is 24.8 Å². The molecule has 1 heterocycles. The second kappa shape index (κ2) is 8.33.